The minimum atomic E-state index is -1.04. The molecule has 1 heterocycles. The molecule has 0 saturated carbocycles. The molecule has 5 nitrogen and oxygen atoms in total. The summed E-state index contributed by atoms with van der Waals surface area (Å²) in [6.07, 6.45) is -0.501. The smallest absolute Gasteiger partial charge is 0.465 e. The molecule has 1 aliphatic rings. The third-order valence-electron chi connectivity index (χ3n) is 4.27. The van der Waals surface area contributed by atoms with Crippen LogP contribution in [-0.4, -0.2) is 36.1 Å². The van der Waals surface area contributed by atoms with Crippen molar-refractivity contribution >= 4 is 30.3 Å². The van der Waals surface area contributed by atoms with E-state index in [4.69, 9.17) is 26.0 Å². The van der Waals surface area contributed by atoms with Crippen molar-refractivity contribution in [3.8, 4) is 0 Å². The largest absolute Gasteiger partial charge is 0.494 e. The van der Waals surface area contributed by atoms with Gasteiger partial charge in [0.2, 0.25) is 0 Å². The molecule has 0 bridgehead atoms. The van der Waals surface area contributed by atoms with Crippen LogP contribution in [0.3, 0.4) is 0 Å². The van der Waals surface area contributed by atoms with Gasteiger partial charge in [-0.2, -0.15) is 0 Å². The Labute approximate surface area is 136 Å². The Morgan fingerprint density at radius 1 is 1.27 bits per heavy atom. The molecular formula is C15H21BClNO4. The fourth-order valence-electron chi connectivity index (χ4n) is 2.20. The zero-order valence-corrected chi connectivity index (χ0v) is 14.0. The monoisotopic (exact) mass is 325 g/mol. The summed E-state index contributed by atoms with van der Waals surface area (Å²) in [4.78, 5) is 10.4. The Kier molecular flexibility index (Phi) is 4.75. The first-order chi connectivity index (χ1) is 10.1. The van der Waals surface area contributed by atoms with Crippen LogP contribution in [0.5, 0.6) is 0 Å². The van der Waals surface area contributed by atoms with E-state index in [-0.39, 0.29) is 0 Å². The Bertz CT molecular complexity index is 561. The van der Waals surface area contributed by atoms with Crippen molar-refractivity contribution in [2.75, 3.05) is 6.54 Å². The average molecular weight is 326 g/mol. The third kappa shape index (κ3) is 3.56. The van der Waals surface area contributed by atoms with E-state index in [0.717, 1.165) is 11.0 Å². The van der Waals surface area contributed by atoms with E-state index < -0.39 is 24.4 Å². The van der Waals surface area contributed by atoms with Crippen LogP contribution in [0.25, 0.3) is 0 Å². The second-order valence-corrected chi connectivity index (χ2v) is 6.83. The van der Waals surface area contributed by atoms with E-state index in [9.17, 15) is 4.79 Å². The lowest BCUT2D eigenvalue weighted by molar-refractivity contribution is 0.00578. The van der Waals surface area contributed by atoms with E-state index in [1.54, 1.807) is 0 Å². The molecule has 1 aliphatic heterocycles. The molecule has 0 radical (unpaired) electrons. The van der Waals surface area contributed by atoms with E-state index >= 15 is 0 Å². The number of nitrogens with one attached hydrogen (secondary N) is 1. The highest BCUT2D eigenvalue weighted by Gasteiger charge is 2.51. The first-order valence-electron chi connectivity index (χ1n) is 7.23. The zero-order chi connectivity index (χ0) is 16.5. The number of hydrogen-bond acceptors (Lipinski definition) is 3. The molecule has 2 N–H and O–H groups in total. The van der Waals surface area contributed by atoms with Gasteiger partial charge in [-0.25, -0.2) is 4.79 Å². The summed E-state index contributed by atoms with van der Waals surface area (Å²) in [5, 5.41) is 11.5. The summed E-state index contributed by atoms with van der Waals surface area (Å²) in [5.74, 6) is 0. The number of halogens is 1. The Morgan fingerprint density at radius 3 is 2.36 bits per heavy atom. The molecule has 0 atom stereocenters. The maximum atomic E-state index is 10.4. The van der Waals surface area contributed by atoms with Crippen molar-refractivity contribution in [1.29, 1.82) is 0 Å². The Hall–Kier alpha value is -1.24. The number of carbonyl (C=O) groups is 1. The number of carboxylic acid groups (broad SMARTS) is 1. The van der Waals surface area contributed by atoms with Gasteiger partial charge in [-0.15, -0.1) is 0 Å². The van der Waals surface area contributed by atoms with E-state index in [2.05, 4.69) is 5.32 Å². The summed E-state index contributed by atoms with van der Waals surface area (Å²) in [5.41, 5.74) is 0.955. The average Bonchev–Trinajstić information content (AvgIpc) is 2.60. The van der Waals surface area contributed by atoms with Gasteiger partial charge in [0.1, 0.15) is 0 Å². The quantitative estimate of drug-likeness (QED) is 0.834. The first-order valence-corrected chi connectivity index (χ1v) is 7.61. The van der Waals surface area contributed by atoms with Gasteiger partial charge in [0, 0.05) is 11.6 Å². The lowest BCUT2D eigenvalue weighted by atomic mass is 9.78. The second-order valence-electron chi connectivity index (χ2n) is 6.42. The molecule has 1 saturated heterocycles. The zero-order valence-electron chi connectivity index (χ0n) is 13.3. The molecule has 2 rings (SSSR count). The van der Waals surface area contributed by atoms with Crippen molar-refractivity contribution in [2.24, 2.45) is 0 Å². The SMILES string of the molecule is CC1(C)OB(c2ccc(CCNC(=O)O)c(Cl)c2)OC1(C)C. The summed E-state index contributed by atoms with van der Waals surface area (Å²) in [7, 11) is -0.450. The fraction of sp³-hybridized carbons (Fsp3) is 0.533. The van der Waals surface area contributed by atoms with E-state index in [1.807, 2.05) is 45.9 Å². The third-order valence-corrected chi connectivity index (χ3v) is 4.62. The fourth-order valence-corrected chi connectivity index (χ4v) is 2.48. The molecule has 7 heteroatoms. The molecule has 0 aliphatic carbocycles. The number of amides is 1. The van der Waals surface area contributed by atoms with E-state index in [1.165, 1.54) is 0 Å². The van der Waals surface area contributed by atoms with Crippen molar-refractivity contribution in [3.63, 3.8) is 0 Å². The van der Waals surface area contributed by atoms with Crippen molar-refractivity contribution in [3.05, 3.63) is 28.8 Å². The van der Waals surface area contributed by atoms with Crippen molar-refractivity contribution < 1.29 is 19.2 Å². The number of benzene rings is 1. The van der Waals surface area contributed by atoms with Crippen molar-refractivity contribution in [1.82, 2.24) is 5.32 Å². The van der Waals surface area contributed by atoms with E-state index in [0.29, 0.717) is 18.0 Å². The van der Waals surface area contributed by atoms with Crippen LogP contribution in [0.15, 0.2) is 18.2 Å². The van der Waals surface area contributed by atoms with Gasteiger partial charge in [-0.05, 0) is 51.2 Å². The van der Waals surface area contributed by atoms with Gasteiger partial charge in [-0.1, -0.05) is 23.7 Å². The van der Waals surface area contributed by atoms with Gasteiger partial charge in [0.25, 0.3) is 0 Å². The molecule has 1 aromatic rings. The molecule has 1 fully saturated rings. The molecule has 0 spiro atoms. The number of hydrogen-bond donors (Lipinski definition) is 2. The highest BCUT2D eigenvalue weighted by atomic mass is 35.5. The van der Waals surface area contributed by atoms with Gasteiger partial charge in [0.05, 0.1) is 11.2 Å². The molecular weight excluding hydrogens is 304 g/mol. The maximum Gasteiger partial charge on any atom is 0.494 e. The first kappa shape index (κ1) is 17.1. The minimum absolute atomic E-state index is 0.324. The van der Waals surface area contributed by atoms with Crippen LogP contribution >= 0.6 is 11.6 Å². The Morgan fingerprint density at radius 2 is 1.86 bits per heavy atom. The lowest BCUT2D eigenvalue weighted by Crippen LogP contribution is -2.41. The highest BCUT2D eigenvalue weighted by Crippen LogP contribution is 2.36. The van der Waals surface area contributed by atoms with Gasteiger partial charge in [-0.3, -0.25) is 0 Å². The molecule has 0 unspecified atom stereocenters. The second kappa shape index (κ2) is 6.10. The molecule has 1 aromatic carbocycles. The Balaban J connectivity index is 2.09. The molecule has 1 amide bonds. The van der Waals surface area contributed by atoms with Gasteiger partial charge in [0.15, 0.2) is 0 Å². The minimum Gasteiger partial charge on any atom is -0.465 e. The summed E-state index contributed by atoms with van der Waals surface area (Å²) in [6, 6.07) is 5.61. The van der Waals surface area contributed by atoms with Gasteiger partial charge >= 0.3 is 13.2 Å². The predicted octanol–water partition coefficient (Wildman–Crippen LogP) is 2.45. The maximum absolute atomic E-state index is 10.4. The summed E-state index contributed by atoms with van der Waals surface area (Å²) < 4.78 is 12.0. The van der Waals surface area contributed by atoms with Crippen LogP contribution in [0.4, 0.5) is 4.79 Å². The topological polar surface area (TPSA) is 67.8 Å². The normalized spacial score (nSPS) is 19.2. The van der Waals surface area contributed by atoms with Gasteiger partial charge < -0.3 is 19.7 Å². The molecule has 0 aromatic heterocycles. The summed E-state index contributed by atoms with van der Waals surface area (Å²) in [6.45, 7) is 8.33. The number of rotatable bonds is 4. The molecule has 22 heavy (non-hydrogen) atoms. The van der Waals surface area contributed by atoms with Crippen molar-refractivity contribution in [2.45, 2.75) is 45.3 Å². The lowest BCUT2D eigenvalue weighted by Gasteiger charge is -2.32. The predicted molar refractivity (Wildman–Crippen MR) is 86.9 cm³/mol. The molecule has 120 valence electrons. The van der Waals surface area contributed by atoms with Crippen LogP contribution in [0, 0.1) is 0 Å². The highest BCUT2D eigenvalue weighted by molar-refractivity contribution is 6.62. The standard InChI is InChI=1S/C15H21BClNO4/c1-14(2)15(3,4)22-16(21-14)11-6-5-10(12(17)9-11)7-8-18-13(19)20/h5-6,9,18H,7-8H2,1-4H3,(H,19,20). The van der Waals surface area contributed by atoms with Crippen LogP contribution in [0.1, 0.15) is 33.3 Å². The van der Waals surface area contributed by atoms with Crippen LogP contribution in [0.2, 0.25) is 5.02 Å². The van der Waals surface area contributed by atoms with Crippen LogP contribution in [-0.2, 0) is 15.7 Å². The van der Waals surface area contributed by atoms with Crippen LogP contribution < -0.4 is 10.8 Å². The summed E-state index contributed by atoms with van der Waals surface area (Å²) >= 11 is 6.28.